The summed E-state index contributed by atoms with van der Waals surface area (Å²) in [6.45, 7) is 1.84. The quantitative estimate of drug-likeness (QED) is 0.813. The summed E-state index contributed by atoms with van der Waals surface area (Å²) in [7, 11) is 0. The largest absolute Gasteiger partial charge is 0.351 e. The van der Waals surface area contributed by atoms with Gasteiger partial charge in [-0.15, -0.1) is 0 Å². The highest BCUT2D eigenvalue weighted by molar-refractivity contribution is 6.31. The SMILES string of the molecule is O=C(CNCC1CC1)NCc1ccccc1Cl. The molecule has 2 N–H and O–H groups in total. The number of nitrogens with one attached hydrogen (secondary N) is 2. The molecule has 0 bridgehead atoms. The molecule has 0 aliphatic heterocycles. The minimum atomic E-state index is 0.0190. The van der Waals surface area contributed by atoms with Crippen molar-refractivity contribution >= 4 is 17.5 Å². The summed E-state index contributed by atoms with van der Waals surface area (Å²) in [5.41, 5.74) is 0.949. The topological polar surface area (TPSA) is 41.1 Å². The summed E-state index contributed by atoms with van der Waals surface area (Å²) in [6.07, 6.45) is 2.60. The van der Waals surface area contributed by atoms with Crippen LogP contribution in [-0.2, 0) is 11.3 Å². The van der Waals surface area contributed by atoms with E-state index in [2.05, 4.69) is 10.6 Å². The van der Waals surface area contributed by atoms with Crippen LogP contribution >= 0.6 is 11.6 Å². The van der Waals surface area contributed by atoms with E-state index in [9.17, 15) is 4.79 Å². The molecule has 0 unspecified atom stereocenters. The van der Waals surface area contributed by atoms with Crippen LogP contribution in [-0.4, -0.2) is 19.0 Å². The lowest BCUT2D eigenvalue weighted by Gasteiger charge is -2.07. The first-order chi connectivity index (χ1) is 8.25. The second kappa shape index (κ2) is 6.03. The highest BCUT2D eigenvalue weighted by Gasteiger charge is 2.20. The zero-order chi connectivity index (χ0) is 12.1. The van der Waals surface area contributed by atoms with Crippen LogP contribution in [0.15, 0.2) is 24.3 Å². The van der Waals surface area contributed by atoms with Gasteiger partial charge < -0.3 is 10.6 Å². The highest BCUT2D eigenvalue weighted by Crippen LogP contribution is 2.27. The van der Waals surface area contributed by atoms with Gasteiger partial charge in [0, 0.05) is 11.6 Å². The number of hydrogen-bond acceptors (Lipinski definition) is 2. The monoisotopic (exact) mass is 252 g/mol. The molecule has 1 fully saturated rings. The van der Waals surface area contributed by atoms with Crippen molar-refractivity contribution in [2.75, 3.05) is 13.1 Å². The predicted molar refractivity (Wildman–Crippen MR) is 68.9 cm³/mol. The molecule has 4 heteroatoms. The van der Waals surface area contributed by atoms with Crippen molar-refractivity contribution in [2.45, 2.75) is 19.4 Å². The van der Waals surface area contributed by atoms with Crippen LogP contribution in [0.4, 0.5) is 0 Å². The number of benzene rings is 1. The molecule has 0 heterocycles. The van der Waals surface area contributed by atoms with Gasteiger partial charge in [0.25, 0.3) is 0 Å². The molecule has 1 aromatic rings. The number of carbonyl (C=O) groups is 1. The molecule has 17 heavy (non-hydrogen) atoms. The summed E-state index contributed by atoms with van der Waals surface area (Å²) in [4.78, 5) is 11.5. The van der Waals surface area contributed by atoms with Gasteiger partial charge in [-0.2, -0.15) is 0 Å². The van der Waals surface area contributed by atoms with Gasteiger partial charge in [0.2, 0.25) is 5.91 Å². The lowest BCUT2D eigenvalue weighted by Crippen LogP contribution is -2.34. The molecule has 92 valence electrons. The van der Waals surface area contributed by atoms with Crippen molar-refractivity contribution in [2.24, 2.45) is 5.92 Å². The van der Waals surface area contributed by atoms with E-state index in [0.29, 0.717) is 18.1 Å². The summed E-state index contributed by atoms with van der Waals surface area (Å²) in [5.74, 6) is 0.817. The highest BCUT2D eigenvalue weighted by atomic mass is 35.5. The number of halogens is 1. The molecule has 0 radical (unpaired) electrons. The second-order valence-corrected chi connectivity index (χ2v) is 4.85. The summed E-state index contributed by atoms with van der Waals surface area (Å²) in [5, 5.41) is 6.69. The number of rotatable bonds is 6. The number of amides is 1. The fourth-order valence-corrected chi connectivity index (χ4v) is 1.81. The van der Waals surface area contributed by atoms with Gasteiger partial charge >= 0.3 is 0 Å². The Morgan fingerprint density at radius 3 is 2.82 bits per heavy atom. The minimum Gasteiger partial charge on any atom is -0.351 e. The van der Waals surface area contributed by atoms with Crippen molar-refractivity contribution in [1.29, 1.82) is 0 Å². The standard InChI is InChI=1S/C13H17ClN2O/c14-12-4-2-1-3-11(12)8-16-13(17)9-15-7-10-5-6-10/h1-4,10,15H,5-9H2,(H,16,17). The van der Waals surface area contributed by atoms with Crippen molar-refractivity contribution in [3.63, 3.8) is 0 Å². The molecular formula is C13H17ClN2O. The maximum absolute atomic E-state index is 11.5. The number of hydrogen-bond donors (Lipinski definition) is 2. The minimum absolute atomic E-state index is 0.0190. The molecule has 0 aromatic heterocycles. The van der Waals surface area contributed by atoms with Crippen LogP contribution in [0.3, 0.4) is 0 Å². The molecule has 1 saturated carbocycles. The van der Waals surface area contributed by atoms with Crippen molar-refractivity contribution < 1.29 is 4.79 Å². The molecule has 0 saturated heterocycles. The van der Waals surface area contributed by atoms with Crippen LogP contribution in [0.1, 0.15) is 18.4 Å². The zero-order valence-electron chi connectivity index (χ0n) is 9.71. The normalized spacial score (nSPS) is 14.6. The van der Waals surface area contributed by atoms with E-state index < -0.39 is 0 Å². The fourth-order valence-electron chi connectivity index (χ4n) is 1.61. The molecule has 1 aliphatic rings. The van der Waals surface area contributed by atoms with Gasteiger partial charge in [-0.1, -0.05) is 29.8 Å². The van der Waals surface area contributed by atoms with E-state index in [-0.39, 0.29) is 5.91 Å². The van der Waals surface area contributed by atoms with Gasteiger partial charge in [0.1, 0.15) is 0 Å². The Hall–Kier alpha value is -1.06. The van der Waals surface area contributed by atoms with Gasteiger partial charge in [0.15, 0.2) is 0 Å². The predicted octanol–water partition coefficient (Wildman–Crippen LogP) is 1.96. The lowest BCUT2D eigenvalue weighted by molar-refractivity contribution is -0.120. The van der Waals surface area contributed by atoms with Gasteiger partial charge in [-0.3, -0.25) is 4.79 Å². The van der Waals surface area contributed by atoms with E-state index in [1.807, 2.05) is 24.3 Å². The molecule has 2 rings (SSSR count). The first-order valence-corrected chi connectivity index (χ1v) is 6.34. The van der Waals surface area contributed by atoms with E-state index in [1.165, 1.54) is 12.8 Å². The Morgan fingerprint density at radius 1 is 1.35 bits per heavy atom. The molecular weight excluding hydrogens is 236 g/mol. The fraction of sp³-hybridized carbons (Fsp3) is 0.462. The van der Waals surface area contributed by atoms with E-state index >= 15 is 0 Å². The van der Waals surface area contributed by atoms with Crippen molar-refractivity contribution in [3.8, 4) is 0 Å². The van der Waals surface area contributed by atoms with Crippen LogP contribution in [0.2, 0.25) is 5.02 Å². The zero-order valence-corrected chi connectivity index (χ0v) is 10.5. The third-order valence-corrected chi connectivity index (χ3v) is 3.22. The van der Waals surface area contributed by atoms with Gasteiger partial charge in [0.05, 0.1) is 6.54 Å². The Balaban J connectivity index is 1.66. The molecule has 0 atom stereocenters. The summed E-state index contributed by atoms with van der Waals surface area (Å²) in [6, 6.07) is 7.54. The summed E-state index contributed by atoms with van der Waals surface area (Å²) < 4.78 is 0. The Kier molecular flexibility index (Phi) is 4.40. The van der Waals surface area contributed by atoms with Gasteiger partial charge in [-0.05, 0) is 36.9 Å². The average Bonchev–Trinajstić information content (AvgIpc) is 3.12. The van der Waals surface area contributed by atoms with Crippen LogP contribution in [0.25, 0.3) is 0 Å². The van der Waals surface area contributed by atoms with E-state index in [0.717, 1.165) is 18.0 Å². The average molecular weight is 253 g/mol. The van der Waals surface area contributed by atoms with Crippen molar-refractivity contribution in [3.05, 3.63) is 34.9 Å². The smallest absolute Gasteiger partial charge is 0.234 e. The Morgan fingerprint density at radius 2 is 2.12 bits per heavy atom. The van der Waals surface area contributed by atoms with Crippen LogP contribution < -0.4 is 10.6 Å². The van der Waals surface area contributed by atoms with Crippen LogP contribution in [0, 0.1) is 5.92 Å². The first kappa shape index (κ1) is 12.4. The molecule has 3 nitrogen and oxygen atoms in total. The lowest BCUT2D eigenvalue weighted by atomic mass is 10.2. The molecule has 1 aromatic carbocycles. The third-order valence-electron chi connectivity index (χ3n) is 2.85. The molecule has 1 aliphatic carbocycles. The second-order valence-electron chi connectivity index (χ2n) is 4.44. The Bertz CT molecular complexity index is 391. The maximum atomic E-state index is 11.5. The maximum Gasteiger partial charge on any atom is 0.234 e. The van der Waals surface area contributed by atoms with Crippen molar-refractivity contribution in [1.82, 2.24) is 10.6 Å². The number of carbonyl (C=O) groups excluding carboxylic acids is 1. The van der Waals surface area contributed by atoms with Gasteiger partial charge in [-0.25, -0.2) is 0 Å². The molecule has 1 amide bonds. The van der Waals surface area contributed by atoms with Crippen LogP contribution in [0.5, 0.6) is 0 Å². The third kappa shape index (κ3) is 4.36. The van der Waals surface area contributed by atoms with E-state index in [1.54, 1.807) is 0 Å². The first-order valence-electron chi connectivity index (χ1n) is 5.96. The Labute approximate surface area is 107 Å². The van der Waals surface area contributed by atoms with E-state index in [4.69, 9.17) is 11.6 Å². The summed E-state index contributed by atoms with van der Waals surface area (Å²) >= 11 is 5.99. The molecule has 0 spiro atoms.